The molecule has 1 aromatic rings. The minimum Gasteiger partial charge on any atom is -0.396 e. The normalized spacial score (nSPS) is 33.5. The standard InChI is InChI=1S/C12H17FN2O5/c1-6-3-15(11(19)14-9(6)18)10-8(13)12(2,5-17)7(4-16)20-10/h3,7-8,10,16-17H,4-5H2,1-2H3,(H,14,18,19)/t7-,8?,10-,12?/m1/s1. The van der Waals surface area contributed by atoms with E-state index in [2.05, 4.69) is 4.98 Å². The van der Waals surface area contributed by atoms with Gasteiger partial charge in [0.25, 0.3) is 5.56 Å². The molecule has 2 rings (SSSR count). The molecule has 3 N–H and O–H groups in total. The SMILES string of the molecule is Cc1cn([C@@H]2O[C@H](CO)C(C)(CO)C2F)c(=O)[nH]c1=O. The molecule has 0 spiro atoms. The van der Waals surface area contributed by atoms with Gasteiger partial charge in [0.1, 0.15) is 0 Å². The topological polar surface area (TPSA) is 105 Å². The Morgan fingerprint density at radius 2 is 2.15 bits per heavy atom. The van der Waals surface area contributed by atoms with Crippen molar-refractivity contribution in [3.05, 3.63) is 32.6 Å². The zero-order chi connectivity index (χ0) is 15.1. The van der Waals surface area contributed by atoms with Gasteiger partial charge in [0.2, 0.25) is 0 Å². The van der Waals surface area contributed by atoms with Crippen molar-refractivity contribution in [3.63, 3.8) is 0 Å². The van der Waals surface area contributed by atoms with E-state index in [9.17, 15) is 24.2 Å². The third-order valence-electron chi connectivity index (χ3n) is 3.85. The van der Waals surface area contributed by atoms with E-state index in [0.717, 1.165) is 4.57 Å². The van der Waals surface area contributed by atoms with Gasteiger partial charge in [-0.25, -0.2) is 9.18 Å². The van der Waals surface area contributed by atoms with Crippen LogP contribution < -0.4 is 11.2 Å². The Kier molecular flexibility index (Phi) is 3.81. The van der Waals surface area contributed by atoms with Gasteiger partial charge >= 0.3 is 5.69 Å². The molecule has 2 heterocycles. The summed E-state index contributed by atoms with van der Waals surface area (Å²) in [5, 5.41) is 18.6. The molecule has 0 saturated carbocycles. The quantitative estimate of drug-likeness (QED) is 0.666. The largest absolute Gasteiger partial charge is 0.396 e. The molecule has 1 saturated heterocycles. The zero-order valence-corrected chi connectivity index (χ0v) is 11.2. The lowest BCUT2D eigenvalue weighted by atomic mass is 9.82. The minimum absolute atomic E-state index is 0.235. The monoisotopic (exact) mass is 288 g/mol. The van der Waals surface area contributed by atoms with Crippen LogP contribution >= 0.6 is 0 Å². The van der Waals surface area contributed by atoms with E-state index in [1.54, 1.807) is 0 Å². The molecule has 0 aromatic carbocycles. The van der Waals surface area contributed by atoms with Gasteiger partial charge in [-0.15, -0.1) is 0 Å². The first kappa shape index (κ1) is 14.9. The zero-order valence-electron chi connectivity index (χ0n) is 11.2. The Morgan fingerprint density at radius 1 is 1.50 bits per heavy atom. The second-order valence-electron chi connectivity index (χ2n) is 5.24. The number of nitrogens with zero attached hydrogens (tertiary/aromatic N) is 1. The number of hydrogen-bond acceptors (Lipinski definition) is 5. The molecule has 1 aliphatic rings. The number of alkyl halides is 1. The summed E-state index contributed by atoms with van der Waals surface area (Å²) in [6.07, 6.45) is -2.73. The van der Waals surface area contributed by atoms with Crippen LogP contribution in [0.1, 0.15) is 18.7 Å². The lowest BCUT2D eigenvalue weighted by Crippen LogP contribution is -2.41. The number of rotatable bonds is 3. The van der Waals surface area contributed by atoms with Crippen LogP contribution in [-0.2, 0) is 4.74 Å². The average Bonchev–Trinajstić information content (AvgIpc) is 2.67. The van der Waals surface area contributed by atoms with Crippen LogP contribution in [0.15, 0.2) is 15.8 Å². The third-order valence-corrected chi connectivity index (χ3v) is 3.85. The average molecular weight is 288 g/mol. The van der Waals surface area contributed by atoms with Crippen molar-refractivity contribution in [2.75, 3.05) is 13.2 Å². The maximum absolute atomic E-state index is 14.5. The fourth-order valence-electron chi connectivity index (χ4n) is 2.32. The molecular formula is C12H17FN2O5. The van der Waals surface area contributed by atoms with E-state index in [1.807, 2.05) is 0 Å². The maximum Gasteiger partial charge on any atom is 0.330 e. The van der Waals surface area contributed by atoms with Crippen molar-refractivity contribution < 1.29 is 19.3 Å². The molecule has 2 unspecified atom stereocenters. The van der Waals surface area contributed by atoms with E-state index in [-0.39, 0.29) is 5.56 Å². The molecule has 1 aromatic heterocycles. The highest BCUT2D eigenvalue weighted by atomic mass is 19.1. The molecule has 8 heteroatoms. The summed E-state index contributed by atoms with van der Waals surface area (Å²) in [4.78, 5) is 25.1. The molecule has 0 bridgehead atoms. The summed E-state index contributed by atoms with van der Waals surface area (Å²) >= 11 is 0. The number of aryl methyl sites for hydroxylation is 1. The fourth-order valence-corrected chi connectivity index (χ4v) is 2.32. The number of H-pyrrole nitrogens is 1. The molecule has 1 fully saturated rings. The van der Waals surface area contributed by atoms with Crippen LogP contribution in [-0.4, -0.2) is 45.3 Å². The Balaban J connectivity index is 2.48. The number of aromatic amines is 1. The van der Waals surface area contributed by atoms with Crippen LogP contribution in [0.25, 0.3) is 0 Å². The van der Waals surface area contributed by atoms with Gasteiger partial charge in [-0.3, -0.25) is 14.3 Å². The maximum atomic E-state index is 14.5. The third kappa shape index (κ3) is 2.09. The molecular weight excluding hydrogens is 271 g/mol. The van der Waals surface area contributed by atoms with E-state index in [0.29, 0.717) is 0 Å². The molecule has 112 valence electrons. The molecule has 0 radical (unpaired) electrons. The summed E-state index contributed by atoms with van der Waals surface area (Å²) in [6, 6.07) is 0. The Hall–Kier alpha value is -1.51. The van der Waals surface area contributed by atoms with Crippen molar-refractivity contribution in [1.29, 1.82) is 0 Å². The first-order valence-electron chi connectivity index (χ1n) is 6.18. The summed E-state index contributed by atoms with van der Waals surface area (Å²) in [7, 11) is 0. The summed E-state index contributed by atoms with van der Waals surface area (Å²) in [5.41, 5.74) is -2.43. The number of halogens is 1. The second kappa shape index (κ2) is 5.12. The van der Waals surface area contributed by atoms with Gasteiger partial charge < -0.3 is 14.9 Å². The second-order valence-corrected chi connectivity index (χ2v) is 5.24. The minimum atomic E-state index is -1.70. The van der Waals surface area contributed by atoms with Gasteiger partial charge in [-0.2, -0.15) is 0 Å². The smallest absolute Gasteiger partial charge is 0.330 e. The predicted molar refractivity (Wildman–Crippen MR) is 67.1 cm³/mol. The molecule has 0 aliphatic carbocycles. The van der Waals surface area contributed by atoms with Crippen molar-refractivity contribution in [1.82, 2.24) is 9.55 Å². The summed E-state index contributed by atoms with van der Waals surface area (Å²) < 4.78 is 20.8. The van der Waals surface area contributed by atoms with Crippen molar-refractivity contribution in [3.8, 4) is 0 Å². The lowest BCUT2D eigenvalue weighted by molar-refractivity contribution is -0.0551. The van der Waals surface area contributed by atoms with Crippen LogP contribution in [0.3, 0.4) is 0 Å². The highest BCUT2D eigenvalue weighted by Crippen LogP contribution is 2.44. The van der Waals surface area contributed by atoms with E-state index >= 15 is 0 Å². The van der Waals surface area contributed by atoms with Gasteiger partial charge in [0, 0.05) is 11.8 Å². The van der Waals surface area contributed by atoms with Gasteiger partial charge in [0.15, 0.2) is 12.4 Å². The predicted octanol–water partition coefficient (Wildman–Crippen LogP) is -0.929. The number of nitrogens with one attached hydrogen (secondary N) is 1. The number of aromatic nitrogens is 2. The number of ether oxygens (including phenoxy) is 1. The number of hydrogen-bond donors (Lipinski definition) is 3. The van der Waals surface area contributed by atoms with Crippen molar-refractivity contribution in [2.24, 2.45) is 5.41 Å². The lowest BCUT2D eigenvalue weighted by Gasteiger charge is -2.27. The highest BCUT2D eigenvalue weighted by molar-refractivity contribution is 5.05. The number of aliphatic hydroxyl groups is 2. The first-order valence-corrected chi connectivity index (χ1v) is 6.18. The van der Waals surface area contributed by atoms with Crippen molar-refractivity contribution in [2.45, 2.75) is 32.4 Å². The molecule has 4 atom stereocenters. The summed E-state index contributed by atoms with van der Waals surface area (Å²) in [5.74, 6) is 0. The molecule has 7 nitrogen and oxygen atoms in total. The van der Waals surface area contributed by atoms with Crippen LogP contribution in [0.2, 0.25) is 0 Å². The first-order chi connectivity index (χ1) is 9.35. The fraction of sp³-hybridized carbons (Fsp3) is 0.667. The van der Waals surface area contributed by atoms with Crippen LogP contribution in [0, 0.1) is 12.3 Å². The number of aliphatic hydroxyl groups excluding tert-OH is 2. The van der Waals surface area contributed by atoms with E-state index in [4.69, 9.17) is 4.74 Å². The van der Waals surface area contributed by atoms with Gasteiger partial charge in [-0.05, 0) is 6.92 Å². The Morgan fingerprint density at radius 3 is 2.65 bits per heavy atom. The summed E-state index contributed by atoms with van der Waals surface area (Å²) in [6.45, 7) is 1.89. The van der Waals surface area contributed by atoms with Crippen LogP contribution in [0.5, 0.6) is 0 Å². The molecule has 0 amide bonds. The van der Waals surface area contributed by atoms with Gasteiger partial charge in [0.05, 0.1) is 24.7 Å². The Labute approximate surface area is 113 Å². The van der Waals surface area contributed by atoms with Crippen molar-refractivity contribution >= 4 is 0 Å². The Bertz CT molecular complexity index is 613. The highest BCUT2D eigenvalue weighted by Gasteiger charge is 2.54. The molecule has 20 heavy (non-hydrogen) atoms. The van der Waals surface area contributed by atoms with E-state index < -0.39 is 48.4 Å². The van der Waals surface area contributed by atoms with Gasteiger partial charge in [-0.1, -0.05) is 6.92 Å². The molecule has 1 aliphatic heterocycles. The van der Waals surface area contributed by atoms with E-state index in [1.165, 1.54) is 20.0 Å². The van der Waals surface area contributed by atoms with Crippen LogP contribution in [0.4, 0.5) is 4.39 Å².